The highest BCUT2D eigenvalue weighted by molar-refractivity contribution is 5.90. The Bertz CT molecular complexity index is 838. The first-order valence-corrected chi connectivity index (χ1v) is 11.1. The molecule has 1 amide bonds. The molecule has 8 nitrogen and oxygen atoms in total. The predicted molar refractivity (Wildman–Crippen MR) is 125 cm³/mol. The Morgan fingerprint density at radius 1 is 1.28 bits per heavy atom. The molecule has 0 aliphatic carbocycles. The molecule has 0 spiro atoms. The minimum atomic E-state index is -0.370. The molecule has 32 heavy (non-hydrogen) atoms. The maximum Gasteiger partial charge on any atom is 0.267 e. The first-order chi connectivity index (χ1) is 15.6. The Kier molecular flexibility index (Phi) is 9.61. The van der Waals surface area contributed by atoms with Crippen LogP contribution in [0.3, 0.4) is 0 Å². The molecule has 1 aromatic heterocycles. The molecule has 3 rings (SSSR count). The molecular weight excluding hydrogens is 406 g/mol. The molecule has 0 saturated carbocycles. The van der Waals surface area contributed by atoms with E-state index in [2.05, 4.69) is 63.9 Å². The zero-order valence-electron chi connectivity index (χ0n) is 18.9. The predicted octanol–water partition coefficient (Wildman–Crippen LogP) is 3.04. The number of amides is 1. The van der Waals surface area contributed by atoms with E-state index in [9.17, 15) is 4.79 Å². The minimum Gasteiger partial charge on any atom is -0.365 e. The summed E-state index contributed by atoms with van der Waals surface area (Å²) in [6, 6.07) is 10.7. The molecule has 2 heterocycles. The van der Waals surface area contributed by atoms with Crippen LogP contribution in [0.25, 0.3) is 6.08 Å². The maximum absolute atomic E-state index is 11.9. The van der Waals surface area contributed by atoms with Crippen molar-refractivity contribution in [3.63, 3.8) is 0 Å². The number of likely N-dealkylation sites (N-methyl/N-ethyl adjacent to an activating group) is 1. The van der Waals surface area contributed by atoms with Crippen LogP contribution in [0.15, 0.2) is 48.8 Å². The molecular formula is C24H33N5O3. The number of nitrogens with one attached hydrogen (secondary N) is 2. The summed E-state index contributed by atoms with van der Waals surface area (Å²) in [5, 5.41) is 3.37. The van der Waals surface area contributed by atoms with Crippen LogP contribution in [0.4, 0.5) is 5.82 Å². The SMILES string of the molecule is C[C@H](CN(C)CCc1ccccc1)Nc1cnc(/C=C/C(=O)NOC2CCCCO2)cn1. The van der Waals surface area contributed by atoms with Crippen LogP contribution in [-0.2, 0) is 20.8 Å². The lowest BCUT2D eigenvalue weighted by molar-refractivity contribution is -0.198. The minimum absolute atomic E-state index is 0.219. The third kappa shape index (κ3) is 8.74. The maximum atomic E-state index is 11.9. The molecule has 1 aromatic carbocycles. The number of carbonyl (C=O) groups is 1. The van der Waals surface area contributed by atoms with E-state index in [0.29, 0.717) is 18.1 Å². The summed E-state index contributed by atoms with van der Waals surface area (Å²) in [6.07, 6.45) is 9.76. The van der Waals surface area contributed by atoms with Crippen molar-refractivity contribution >= 4 is 17.8 Å². The lowest BCUT2D eigenvalue weighted by atomic mass is 10.1. The van der Waals surface area contributed by atoms with E-state index >= 15 is 0 Å². The number of anilines is 1. The van der Waals surface area contributed by atoms with Gasteiger partial charge in [-0.15, -0.1) is 0 Å². The largest absolute Gasteiger partial charge is 0.365 e. The van der Waals surface area contributed by atoms with Crippen LogP contribution in [0.1, 0.15) is 37.4 Å². The van der Waals surface area contributed by atoms with Crippen molar-refractivity contribution in [2.45, 2.75) is 44.9 Å². The number of benzene rings is 1. The van der Waals surface area contributed by atoms with Gasteiger partial charge in [0.2, 0.25) is 0 Å². The molecule has 1 saturated heterocycles. The fourth-order valence-corrected chi connectivity index (χ4v) is 3.44. The molecule has 0 radical (unpaired) electrons. The Hall–Kier alpha value is -2.81. The molecule has 1 fully saturated rings. The Morgan fingerprint density at radius 3 is 2.84 bits per heavy atom. The van der Waals surface area contributed by atoms with E-state index in [0.717, 1.165) is 38.8 Å². The van der Waals surface area contributed by atoms with Crippen molar-refractivity contribution in [3.05, 3.63) is 60.1 Å². The summed E-state index contributed by atoms with van der Waals surface area (Å²) in [5.41, 5.74) is 4.32. The number of hydroxylamine groups is 1. The summed E-state index contributed by atoms with van der Waals surface area (Å²) in [7, 11) is 2.12. The highest BCUT2D eigenvalue weighted by Crippen LogP contribution is 2.12. The first-order valence-electron chi connectivity index (χ1n) is 11.1. The zero-order chi connectivity index (χ0) is 22.6. The number of hydrogen-bond donors (Lipinski definition) is 2. The van der Waals surface area contributed by atoms with Crippen molar-refractivity contribution in [1.82, 2.24) is 20.3 Å². The number of aromatic nitrogens is 2. The van der Waals surface area contributed by atoms with E-state index in [1.807, 2.05) is 6.07 Å². The van der Waals surface area contributed by atoms with Gasteiger partial charge in [0.25, 0.3) is 5.91 Å². The van der Waals surface area contributed by atoms with Gasteiger partial charge in [-0.2, -0.15) is 0 Å². The van der Waals surface area contributed by atoms with Crippen molar-refractivity contribution in [2.24, 2.45) is 0 Å². The standard InChI is InChI=1S/C24H33N5O3/c1-19(18-29(2)14-13-20-8-4-3-5-9-20)27-22-17-25-21(16-26-22)11-12-23(30)28-32-24-10-6-7-15-31-24/h3-5,8-9,11-12,16-17,19,24H,6-7,10,13-15,18H2,1-2H3,(H,26,27)(H,28,30)/b12-11+/t19-,24?/m1/s1. The van der Waals surface area contributed by atoms with Gasteiger partial charge in [0.1, 0.15) is 5.82 Å². The van der Waals surface area contributed by atoms with Crippen LogP contribution >= 0.6 is 0 Å². The Balaban J connectivity index is 1.36. The van der Waals surface area contributed by atoms with Crippen molar-refractivity contribution in [1.29, 1.82) is 0 Å². The number of rotatable bonds is 11. The van der Waals surface area contributed by atoms with Gasteiger partial charge in [-0.3, -0.25) is 9.78 Å². The number of hydrogen-bond acceptors (Lipinski definition) is 7. The lowest BCUT2D eigenvalue weighted by Gasteiger charge is -2.22. The number of carbonyl (C=O) groups excluding carboxylic acids is 1. The van der Waals surface area contributed by atoms with Gasteiger partial charge in [-0.25, -0.2) is 15.3 Å². The second kappa shape index (κ2) is 12.9. The Morgan fingerprint density at radius 2 is 2.12 bits per heavy atom. The summed E-state index contributed by atoms with van der Waals surface area (Å²) in [5.74, 6) is 0.337. The monoisotopic (exact) mass is 439 g/mol. The molecule has 0 bridgehead atoms. The quantitative estimate of drug-likeness (QED) is 0.411. The lowest BCUT2D eigenvalue weighted by Crippen LogP contribution is -2.33. The highest BCUT2D eigenvalue weighted by atomic mass is 16.8. The molecule has 172 valence electrons. The topological polar surface area (TPSA) is 88.6 Å². The van der Waals surface area contributed by atoms with Gasteiger partial charge in [0.15, 0.2) is 6.29 Å². The van der Waals surface area contributed by atoms with E-state index in [1.165, 1.54) is 11.6 Å². The van der Waals surface area contributed by atoms with Crippen LogP contribution < -0.4 is 10.8 Å². The summed E-state index contributed by atoms with van der Waals surface area (Å²) in [4.78, 5) is 28.1. The van der Waals surface area contributed by atoms with Gasteiger partial charge in [-0.05, 0) is 44.9 Å². The van der Waals surface area contributed by atoms with Crippen molar-refractivity contribution in [2.75, 3.05) is 32.1 Å². The fourth-order valence-electron chi connectivity index (χ4n) is 3.44. The van der Waals surface area contributed by atoms with Gasteiger partial charge in [0, 0.05) is 38.2 Å². The van der Waals surface area contributed by atoms with Crippen LogP contribution in [0.5, 0.6) is 0 Å². The third-order valence-corrected chi connectivity index (χ3v) is 5.11. The van der Waals surface area contributed by atoms with Gasteiger partial charge >= 0.3 is 0 Å². The van der Waals surface area contributed by atoms with E-state index in [1.54, 1.807) is 18.5 Å². The van der Waals surface area contributed by atoms with Gasteiger partial charge in [-0.1, -0.05) is 30.3 Å². The molecule has 2 N–H and O–H groups in total. The second-order valence-corrected chi connectivity index (χ2v) is 8.08. The molecule has 1 aliphatic heterocycles. The third-order valence-electron chi connectivity index (χ3n) is 5.11. The van der Waals surface area contributed by atoms with Crippen molar-refractivity contribution in [3.8, 4) is 0 Å². The second-order valence-electron chi connectivity index (χ2n) is 8.08. The van der Waals surface area contributed by atoms with Gasteiger partial charge < -0.3 is 15.0 Å². The van der Waals surface area contributed by atoms with Gasteiger partial charge in [0.05, 0.1) is 18.1 Å². The molecule has 1 aliphatic rings. The molecule has 1 unspecified atom stereocenters. The Labute approximate surface area is 190 Å². The first kappa shape index (κ1) is 23.8. The van der Waals surface area contributed by atoms with Crippen molar-refractivity contribution < 1.29 is 14.4 Å². The highest BCUT2D eigenvalue weighted by Gasteiger charge is 2.15. The molecule has 8 heteroatoms. The van der Waals surface area contributed by atoms with E-state index in [4.69, 9.17) is 9.57 Å². The average molecular weight is 440 g/mol. The summed E-state index contributed by atoms with van der Waals surface area (Å²) >= 11 is 0. The van der Waals surface area contributed by atoms with E-state index in [-0.39, 0.29) is 18.2 Å². The molecule has 2 atom stereocenters. The van der Waals surface area contributed by atoms with Crippen LogP contribution in [-0.4, -0.2) is 59.9 Å². The normalized spacial score (nSPS) is 17.4. The smallest absolute Gasteiger partial charge is 0.267 e. The zero-order valence-corrected chi connectivity index (χ0v) is 18.9. The summed E-state index contributed by atoms with van der Waals surface area (Å²) in [6.45, 7) is 4.66. The molecule has 2 aromatic rings. The number of ether oxygens (including phenoxy) is 1. The number of nitrogens with zero attached hydrogens (tertiary/aromatic N) is 3. The van der Waals surface area contributed by atoms with Crippen LogP contribution in [0, 0.1) is 0 Å². The van der Waals surface area contributed by atoms with Crippen LogP contribution in [0.2, 0.25) is 0 Å². The van der Waals surface area contributed by atoms with E-state index < -0.39 is 0 Å². The summed E-state index contributed by atoms with van der Waals surface area (Å²) < 4.78 is 5.40. The average Bonchev–Trinajstić information content (AvgIpc) is 2.82. The fraction of sp³-hybridized carbons (Fsp3) is 0.458.